The zero-order valence-corrected chi connectivity index (χ0v) is 20.4. The Hall–Kier alpha value is 0.920. The highest BCUT2D eigenvalue weighted by Crippen LogP contribution is 2.55. The molecule has 0 aromatic heterocycles. The monoisotopic (exact) mass is 436 g/mol. The molecule has 0 saturated heterocycles. The molecule has 0 bridgehead atoms. The fraction of sp³-hybridized carbons (Fsp3) is 1.00. The van der Waals surface area contributed by atoms with Gasteiger partial charge in [0.15, 0.2) is 0 Å². The van der Waals surface area contributed by atoms with Crippen LogP contribution in [-0.2, 0) is 20.9 Å². The first-order chi connectivity index (χ1) is 13.1. The lowest BCUT2D eigenvalue weighted by Gasteiger charge is -2.20. The van der Waals surface area contributed by atoms with Crippen molar-refractivity contribution < 1.29 is 9.05 Å². The smallest absolute Gasteiger partial charge is 0.244 e. The van der Waals surface area contributed by atoms with Gasteiger partial charge >= 0.3 is 0 Å². The second kappa shape index (κ2) is 17.8. The highest BCUT2D eigenvalue weighted by atomic mass is 32.9. The Labute approximate surface area is 180 Å². The van der Waals surface area contributed by atoms with Gasteiger partial charge in [-0.3, -0.25) is 0 Å². The van der Waals surface area contributed by atoms with E-state index >= 15 is 0 Å². The van der Waals surface area contributed by atoms with E-state index in [1.807, 2.05) is 0 Å². The van der Waals surface area contributed by atoms with Gasteiger partial charge in [-0.1, -0.05) is 122 Å². The lowest BCUT2D eigenvalue weighted by Crippen LogP contribution is -2.05. The highest BCUT2D eigenvalue weighted by molar-refractivity contribution is 8.60. The van der Waals surface area contributed by atoms with Crippen molar-refractivity contribution in [2.45, 2.75) is 135 Å². The molecule has 162 valence electrons. The van der Waals surface area contributed by atoms with Crippen LogP contribution in [0, 0.1) is 0 Å². The molecule has 0 N–H and O–H groups in total. The second-order valence-corrected chi connectivity index (χ2v) is 13.5. The molecular formula is C22H45O2PS2. The Bertz CT molecular complexity index is 373. The molecule has 0 aliphatic heterocycles. The lowest BCUT2D eigenvalue weighted by atomic mass is 10.0. The van der Waals surface area contributed by atoms with Crippen LogP contribution in [0.25, 0.3) is 0 Å². The molecule has 1 aliphatic carbocycles. The lowest BCUT2D eigenvalue weighted by molar-refractivity contribution is 0.190. The summed E-state index contributed by atoms with van der Waals surface area (Å²) in [5.74, 6) is 0. The summed E-state index contributed by atoms with van der Waals surface area (Å²) in [4.78, 5) is 0. The molecular weight excluding hydrogens is 391 g/mol. The first-order valence-electron chi connectivity index (χ1n) is 11.8. The summed E-state index contributed by atoms with van der Waals surface area (Å²) in [7, 11) is 0. The Morgan fingerprint density at radius 3 is 1.59 bits per heavy atom. The van der Waals surface area contributed by atoms with Crippen LogP contribution in [0.5, 0.6) is 0 Å². The number of rotatable bonds is 19. The molecule has 1 unspecified atom stereocenters. The minimum absolute atomic E-state index is 0.300. The normalized spacial score (nSPS) is 17.4. The molecule has 1 aliphatic rings. The van der Waals surface area contributed by atoms with Gasteiger partial charge < -0.3 is 9.05 Å². The zero-order chi connectivity index (χ0) is 19.6. The van der Waals surface area contributed by atoms with Crippen LogP contribution in [0.3, 0.4) is 0 Å². The summed E-state index contributed by atoms with van der Waals surface area (Å²) in [6.45, 7) is 3.00. The summed E-state index contributed by atoms with van der Waals surface area (Å²) in [5.41, 5.74) is -2.30. The summed E-state index contributed by atoms with van der Waals surface area (Å²) >= 11 is 9.89. The summed E-state index contributed by atoms with van der Waals surface area (Å²) in [6.07, 6.45) is 25.8. The van der Waals surface area contributed by atoms with Crippen LogP contribution in [0.2, 0.25) is 0 Å². The maximum absolute atomic E-state index is 5.89. The zero-order valence-electron chi connectivity index (χ0n) is 17.8. The first kappa shape index (κ1) is 26.0. The van der Waals surface area contributed by atoms with Crippen molar-refractivity contribution in [2.75, 3.05) is 6.61 Å². The fourth-order valence-corrected chi connectivity index (χ4v) is 6.11. The van der Waals surface area contributed by atoms with E-state index in [2.05, 4.69) is 19.2 Å². The van der Waals surface area contributed by atoms with Crippen molar-refractivity contribution in [3.63, 3.8) is 0 Å². The Morgan fingerprint density at radius 2 is 1.15 bits per heavy atom. The van der Waals surface area contributed by atoms with E-state index in [1.54, 1.807) is 0 Å². The molecule has 0 amide bonds. The molecule has 1 saturated carbocycles. The largest absolute Gasteiger partial charge is 0.322 e. The predicted octanol–water partition coefficient (Wildman–Crippen LogP) is 8.99. The topological polar surface area (TPSA) is 18.5 Å². The molecule has 0 aromatic carbocycles. The van der Waals surface area contributed by atoms with Crippen LogP contribution in [0.4, 0.5) is 0 Å². The van der Waals surface area contributed by atoms with Crippen LogP contribution >= 0.6 is 17.9 Å². The standard InChI is InChI=1S/C22H45O2PS2/c1-2-3-4-5-6-7-8-9-10-11-12-13-14-15-18-21-23-25(26,27)24-22-19-16-17-20-22/h22H,2-21H2,1H3,(H,26,27). The van der Waals surface area contributed by atoms with Gasteiger partial charge in [0.25, 0.3) is 0 Å². The van der Waals surface area contributed by atoms with Crippen molar-refractivity contribution in [1.82, 2.24) is 0 Å². The average Bonchev–Trinajstić information content (AvgIpc) is 3.13. The van der Waals surface area contributed by atoms with Crippen molar-refractivity contribution in [3.8, 4) is 0 Å². The number of hydrogen-bond donors (Lipinski definition) is 1. The first-order valence-corrected chi connectivity index (χ1v) is 15.6. The average molecular weight is 437 g/mol. The van der Waals surface area contributed by atoms with E-state index in [-0.39, 0.29) is 0 Å². The molecule has 0 aromatic rings. The van der Waals surface area contributed by atoms with Crippen LogP contribution in [0.15, 0.2) is 0 Å². The molecule has 27 heavy (non-hydrogen) atoms. The van der Waals surface area contributed by atoms with E-state index in [4.69, 9.17) is 20.9 Å². The van der Waals surface area contributed by atoms with Gasteiger partial charge in [0, 0.05) is 0 Å². The Balaban J connectivity index is 1.77. The quantitative estimate of drug-likeness (QED) is 0.124. The molecule has 0 heterocycles. The minimum Gasteiger partial charge on any atom is -0.322 e. The van der Waals surface area contributed by atoms with Gasteiger partial charge in [0.2, 0.25) is 5.69 Å². The van der Waals surface area contributed by atoms with Crippen molar-refractivity contribution in [3.05, 3.63) is 0 Å². The number of hydrogen-bond acceptors (Lipinski definition) is 3. The van der Waals surface area contributed by atoms with Gasteiger partial charge in [0.1, 0.15) is 0 Å². The number of thiol groups is 1. The van der Waals surface area contributed by atoms with Crippen LogP contribution in [0.1, 0.15) is 129 Å². The molecule has 1 rings (SSSR count). The van der Waals surface area contributed by atoms with Crippen molar-refractivity contribution in [2.24, 2.45) is 0 Å². The van der Waals surface area contributed by atoms with Crippen molar-refractivity contribution >= 4 is 29.7 Å². The van der Waals surface area contributed by atoms with Crippen LogP contribution in [-0.4, -0.2) is 12.7 Å². The molecule has 0 spiro atoms. The van der Waals surface area contributed by atoms with E-state index in [0.717, 1.165) is 19.3 Å². The van der Waals surface area contributed by atoms with Gasteiger partial charge in [-0.05, 0) is 31.1 Å². The molecule has 1 fully saturated rings. The minimum atomic E-state index is -2.30. The fourth-order valence-electron chi connectivity index (χ4n) is 3.87. The summed E-state index contributed by atoms with van der Waals surface area (Å²) < 4.78 is 11.7. The Kier molecular flexibility index (Phi) is 17.1. The molecule has 5 heteroatoms. The maximum Gasteiger partial charge on any atom is 0.244 e. The van der Waals surface area contributed by atoms with E-state index in [9.17, 15) is 0 Å². The third-order valence-corrected chi connectivity index (χ3v) is 7.86. The Morgan fingerprint density at radius 1 is 0.741 bits per heavy atom. The van der Waals surface area contributed by atoms with E-state index < -0.39 is 5.69 Å². The number of unbranched alkanes of at least 4 members (excludes halogenated alkanes) is 14. The molecule has 0 radical (unpaired) electrons. The van der Waals surface area contributed by atoms with E-state index in [0.29, 0.717) is 12.7 Å². The third kappa shape index (κ3) is 16.4. The highest BCUT2D eigenvalue weighted by Gasteiger charge is 2.23. The van der Waals surface area contributed by atoms with Gasteiger partial charge in [0.05, 0.1) is 12.7 Å². The van der Waals surface area contributed by atoms with Crippen LogP contribution < -0.4 is 0 Å². The van der Waals surface area contributed by atoms with Crippen molar-refractivity contribution in [1.29, 1.82) is 0 Å². The maximum atomic E-state index is 5.89. The third-order valence-electron chi connectivity index (χ3n) is 5.59. The predicted molar refractivity (Wildman–Crippen MR) is 127 cm³/mol. The SMILES string of the molecule is CCCCCCCCCCCCCCCCCOP(=S)(S)OC1CCCC1. The van der Waals surface area contributed by atoms with Gasteiger partial charge in [-0.15, -0.1) is 0 Å². The van der Waals surface area contributed by atoms with E-state index in [1.165, 1.54) is 103 Å². The molecule has 1 atom stereocenters. The molecule has 2 nitrogen and oxygen atoms in total. The van der Waals surface area contributed by atoms with Gasteiger partial charge in [-0.2, -0.15) is 0 Å². The van der Waals surface area contributed by atoms with Gasteiger partial charge in [-0.25, -0.2) is 0 Å². The second-order valence-electron chi connectivity index (χ2n) is 8.26. The summed E-state index contributed by atoms with van der Waals surface area (Å²) in [5, 5.41) is 0. The summed E-state index contributed by atoms with van der Waals surface area (Å²) in [6, 6.07) is 0.